The summed E-state index contributed by atoms with van der Waals surface area (Å²) in [5, 5.41) is 6.57. The van der Waals surface area contributed by atoms with E-state index in [1.165, 1.54) is 18.2 Å². The van der Waals surface area contributed by atoms with Gasteiger partial charge in [-0.15, -0.1) is 0 Å². The van der Waals surface area contributed by atoms with Gasteiger partial charge in [0.05, 0.1) is 16.5 Å². The van der Waals surface area contributed by atoms with Crippen molar-refractivity contribution in [3.63, 3.8) is 0 Å². The van der Waals surface area contributed by atoms with Gasteiger partial charge in [0.25, 0.3) is 0 Å². The highest BCUT2D eigenvalue weighted by molar-refractivity contribution is 7.91. The number of sulfone groups is 1. The molecule has 0 aromatic heterocycles. The maximum atomic E-state index is 12.5. The fourth-order valence-electron chi connectivity index (χ4n) is 3.23. The van der Waals surface area contributed by atoms with Crippen LogP contribution in [-0.2, 0) is 21.2 Å². The Morgan fingerprint density at radius 1 is 1.21 bits per heavy atom. The largest absolute Gasteiger partial charge is 0.368 e. The lowest BCUT2D eigenvalue weighted by molar-refractivity contribution is -0.125. The second-order valence-corrected chi connectivity index (χ2v) is 10.4. The molecule has 0 saturated carbocycles. The van der Waals surface area contributed by atoms with E-state index in [9.17, 15) is 13.2 Å². The first-order valence-electron chi connectivity index (χ1n) is 10.4. The quantitative estimate of drug-likeness (QED) is 0.400. The molecule has 3 rings (SSSR count). The molecule has 0 aliphatic carbocycles. The van der Waals surface area contributed by atoms with Crippen molar-refractivity contribution in [3.8, 4) is 0 Å². The fourth-order valence-corrected chi connectivity index (χ4v) is 5.20. The zero-order valence-electron chi connectivity index (χ0n) is 18.4. The number of halogens is 2. The van der Waals surface area contributed by atoms with Crippen LogP contribution in [0.1, 0.15) is 16.7 Å². The van der Waals surface area contributed by atoms with Crippen molar-refractivity contribution in [2.75, 3.05) is 32.6 Å². The van der Waals surface area contributed by atoms with Crippen molar-refractivity contribution < 1.29 is 13.2 Å². The molecule has 2 N–H and O–H groups in total. The predicted octanol–water partition coefficient (Wildman–Crippen LogP) is 3.19. The first-order chi connectivity index (χ1) is 15.7. The smallest absolute Gasteiger partial charge is 0.246 e. The first kappa shape index (κ1) is 25.2. The van der Waals surface area contributed by atoms with E-state index in [0.29, 0.717) is 17.1 Å². The Bertz CT molecular complexity index is 1180. The lowest BCUT2D eigenvalue weighted by atomic mass is 10.1. The maximum absolute atomic E-state index is 12.5. The van der Waals surface area contributed by atoms with Gasteiger partial charge in [-0.1, -0.05) is 53.5 Å². The fraction of sp³-hybridized carbons (Fsp3) is 0.304. The van der Waals surface area contributed by atoms with Gasteiger partial charge in [-0.25, -0.2) is 8.42 Å². The van der Waals surface area contributed by atoms with Crippen LogP contribution >= 0.6 is 23.2 Å². The van der Waals surface area contributed by atoms with Gasteiger partial charge in [-0.3, -0.25) is 15.1 Å². The predicted molar refractivity (Wildman–Crippen MR) is 133 cm³/mol. The van der Waals surface area contributed by atoms with Crippen LogP contribution in [0.2, 0.25) is 10.0 Å². The number of nitrogens with zero attached hydrogens (tertiary/aromatic N) is 2. The summed E-state index contributed by atoms with van der Waals surface area (Å²) in [6.45, 7) is 3.98. The number of likely N-dealkylation sites (N-methyl/N-ethyl adjacent to an activating group) is 1. The van der Waals surface area contributed by atoms with E-state index in [2.05, 4.69) is 15.6 Å². The van der Waals surface area contributed by atoms with Gasteiger partial charge in [-0.05, 0) is 30.2 Å². The summed E-state index contributed by atoms with van der Waals surface area (Å²) in [7, 11) is -1.93. The zero-order valence-corrected chi connectivity index (χ0v) is 20.8. The standard InChI is InChI=1S/C23H26Cl2N4O3S/c1-16-19(24)9-10-20(22(16)25)33(31,32)15-26-11-3-4-21(30)29(2)14-17-5-7-18(8-6-17)23-27-12-13-28-23/h3-10,26H,11-15H2,1-2H3,(H,27,28). The lowest BCUT2D eigenvalue weighted by Crippen LogP contribution is -2.26. The number of amides is 1. The van der Waals surface area contributed by atoms with Crippen LogP contribution < -0.4 is 10.6 Å². The van der Waals surface area contributed by atoms with Crippen LogP contribution in [0.3, 0.4) is 0 Å². The van der Waals surface area contributed by atoms with Gasteiger partial charge in [0.2, 0.25) is 5.91 Å². The molecule has 0 radical (unpaired) electrons. The van der Waals surface area contributed by atoms with E-state index in [1.807, 2.05) is 24.3 Å². The molecule has 1 amide bonds. The Labute approximate surface area is 204 Å². The van der Waals surface area contributed by atoms with E-state index in [1.54, 1.807) is 24.9 Å². The van der Waals surface area contributed by atoms with Gasteiger partial charge in [0.15, 0.2) is 9.84 Å². The summed E-state index contributed by atoms with van der Waals surface area (Å²) >= 11 is 12.1. The average Bonchev–Trinajstić information content (AvgIpc) is 3.32. The average molecular weight is 509 g/mol. The minimum atomic E-state index is -3.64. The molecule has 0 atom stereocenters. The lowest BCUT2D eigenvalue weighted by Gasteiger charge is -2.15. The van der Waals surface area contributed by atoms with Crippen molar-refractivity contribution in [1.82, 2.24) is 15.5 Å². The molecule has 1 aliphatic heterocycles. The van der Waals surface area contributed by atoms with Gasteiger partial charge in [0.1, 0.15) is 11.7 Å². The van der Waals surface area contributed by atoms with Crippen LogP contribution in [0.4, 0.5) is 0 Å². The van der Waals surface area contributed by atoms with Crippen molar-refractivity contribution in [1.29, 1.82) is 0 Å². The van der Waals surface area contributed by atoms with Crippen molar-refractivity contribution in [2.45, 2.75) is 18.4 Å². The van der Waals surface area contributed by atoms with Crippen molar-refractivity contribution >= 4 is 44.8 Å². The number of nitrogens with one attached hydrogen (secondary N) is 2. The van der Waals surface area contributed by atoms with Gasteiger partial charge < -0.3 is 10.2 Å². The summed E-state index contributed by atoms with van der Waals surface area (Å²) in [6.07, 6.45) is 3.01. The minimum absolute atomic E-state index is 0.0279. The van der Waals surface area contributed by atoms with Gasteiger partial charge in [0, 0.05) is 43.3 Å². The molecule has 2 aromatic carbocycles. The molecule has 0 unspecified atom stereocenters. The number of carbonyl (C=O) groups is 1. The van der Waals surface area contributed by atoms with Crippen LogP contribution in [-0.4, -0.2) is 57.6 Å². The Hall–Kier alpha value is -2.39. The number of amidine groups is 1. The normalized spacial score (nSPS) is 13.8. The van der Waals surface area contributed by atoms with Crippen LogP contribution in [0.5, 0.6) is 0 Å². The topological polar surface area (TPSA) is 90.9 Å². The number of rotatable bonds is 9. The summed E-state index contributed by atoms with van der Waals surface area (Å²) in [4.78, 5) is 18.4. The van der Waals surface area contributed by atoms with Crippen LogP contribution in [0.25, 0.3) is 0 Å². The Morgan fingerprint density at radius 2 is 1.94 bits per heavy atom. The van der Waals surface area contributed by atoms with E-state index < -0.39 is 9.84 Å². The molecule has 1 aliphatic rings. The highest BCUT2D eigenvalue weighted by Gasteiger charge is 2.20. The molecule has 33 heavy (non-hydrogen) atoms. The van der Waals surface area contributed by atoms with Gasteiger partial charge >= 0.3 is 0 Å². The highest BCUT2D eigenvalue weighted by Crippen LogP contribution is 2.30. The summed E-state index contributed by atoms with van der Waals surface area (Å²) in [5.41, 5.74) is 2.55. The number of hydrogen-bond acceptors (Lipinski definition) is 6. The van der Waals surface area contributed by atoms with Crippen LogP contribution in [0, 0.1) is 6.92 Å². The molecule has 0 bridgehead atoms. The third-order valence-corrected chi connectivity index (χ3v) is 7.74. The molecule has 7 nitrogen and oxygen atoms in total. The molecule has 10 heteroatoms. The third kappa shape index (κ3) is 6.57. The highest BCUT2D eigenvalue weighted by atomic mass is 35.5. The number of carbonyl (C=O) groups excluding carboxylic acids is 1. The molecular formula is C23H26Cl2N4O3S. The number of hydrogen-bond donors (Lipinski definition) is 2. The maximum Gasteiger partial charge on any atom is 0.246 e. The van der Waals surface area contributed by atoms with Gasteiger partial charge in [-0.2, -0.15) is 0 Å². The second-order valence-electron chi connectivity index (χ2n) is 7.65. The molecule has 1 heterocycles. The van der Waals surface area contributed by atoms with Crippen LogP contribution in [0.15, 0.2) is 58.4 Å². The van der Waals surface area contributed by atoms with Crippen molar-refractivity contribution in [3.05, 3.63) is 75.3 Å². The Balaban J connectivity index is 1.47. The monoisotopic (exact) mass is 508 g/mol. The molecule has 2 aromatic rings. The zero-order chi connectivity index (χ0) is 24.0. The SMILES string of the molecule is Cc1c(Cl)ccc(S(=O)(=O)CNCC=CC(=O)N(C)Cc2ccc(C3=NCCN3)cc2)c1Cl. The molecular weight excluding hydrogens is 483 g/mol. The second kappa shape index (κ2) is 11.2. The summed E-state index contributed by atoms with van der Waals surface area (Å²) < 4.78 is 25.1. The Morgan fingerprint density at radius 3 is 2.61 bits per heavy atom. The summed E-state index contributed by atoms with van der Waals surface area (Å²) in [6, 6.07) is 10.8. The minimum Gasteiger partial charge on any atom is -0.368 e. The molecule has 0 spiro atoms. The summed E-state index contributed by atoms with van der Waals surface area (Å²) in [5.74, 6) is 0.410. The molecule has 176 valence electrons. The number of aliphatic imine (C=N–C) groups is 1. The van der Waals surface area contributed by atoms with E-state index in [0.717, 1.165) is 30.1 Å². The molecule has 0 fully saturated rings. The molecule has 0 saturated heterocycles. The van der Waals surface area contributed by atoms with E-state index in [4.69, 9.17) is 23.2 Å². The third-order valence-electron chi connectivity index (χ3n) is 5.13. The van der Waals surface area contributed by atoms with E-state index in [-0.39, 0.29) is 28.2 Å². The van der Waals surface area contributed by atoms with E-state index >= 15 is 0 Å². The van der Waals surface area contributed by atoms with Crippen molar-refractivity contribution in [2.24, 2.45) is 4.99 Å². The number of benzene rings is 2. The first-order valence-corrected chi connectivity index (χ1v) is 12.8. The Kier molecular flexibility index (Phi) is 8.53.